The monoisotopic (exact) mass is 399 g/mol. The Balaban J connectivity index is 1.32. The molecule has 4 aromatic rings. The Morgan fingerprint density at radius 3 is 2.69 bits per heavy atom. The minimum Gasteiger partial charge on any atom is -0.347 e. The number of carbonyl (C=O) groups is 1. The second-order valence-corrected chi connectivity index (χ2v) is 8.36. The van der Waals surface area contributed by atoms with Crippen LogP contribution in [0.25, 0.3) is 10.4 Å². The van der Waals surface area contributed by atoms with Gasteiger partial charge in [0.25, 0.3) is 5.91 Å². The fraction of sp³-hybridized carbons (Fsp3) is 0.167. The van der Waals surface area contributed by atoms with Crippen molar-refractivity contribution >= 4 is 17.2 Å². The van der Waals surface area contributed by atoms with Crippen LogP contribution in [0.4, 0.5) is 0 Å². The highest BCUT2D eigenvalue weighted by Gasteiger charge is 2.21. The lowest BCUT2D eigenvalue weighted by molar-refractivity contribution is 0.0955. The molecule has 144 valence electrons. The van der Waals surface area contributed by atoms with Crippen molar-refractivity contribution in [2.24, 2.45) is 0 Å². The van der Waals surface area contributed by atoms with Crippen LogP contribution in [-0.4, -0.2) is 15.5 Å². The van der Waals surface area contributed by atoms with Gasteiger partial charge < -0.3 is 9.88 Å². The minimum absolute atomic E-state index is 0.000634. The highest BCUT2D eigenvalue weighted by molar-refractivity contribution is 7.17. The lowest BCUT2D eigenvalue weighted by Crippen LogP contribution is -2.22. The van der Waals surface area contributed by atoms with Crippen LogP contribution in [0.1, 0.15) is 31.9 Å². The van der Waals surface area contributed by atoms with Crippen LogP contribution in [0.2, 0.25) is 0 Å². The smallest absolute Gasteiger partial charge is 0.261 e. The molecule has 0 bridgehead atoms. The third-order valence-corrected chi connectivity index (χ3v) is 6.64. The number of nitrogens with one attached hydrogen (secondary N) is 1. The quantitative estimate of drug-likeness (QED) is 0.529. The molecule has 5 heteroatoms. The maximum absolute atomic E-state index is 12.9. The third-order valence-electron chi connectivity index (χ3n) is 5.43. The van der Waals surface area contributed by atoms with Gasteiger partial charge in [0.15, 0.2) is 0 Å². The van der Waals surface area contributed by atoms with Crippen molar-refractivity contribution in [1.82, 2.24) is 14.9 Å². The van der Waals surface area contributed by atoms with Gasteiger partial charge in [0, 0.05) is 30.4 Å². The SMILES string of the molecule is O=C(NCc1ccccc1Cn1ccnc1)c1cc2c(s1)-c1ccccc1CC2. The van der Waals surface area contributed by atoms with E-state index >= 15 is 0 Å². The fourth-order valence-corrected chi connectivity index (χ4v) is 5.09. The molecule has 1 amide bonds. The molecule has 0 atom stereocenters. The van der Waals surface area contributed by atoms with Crippen molar-refractivity contribution in [3.63, 3.8) is 0 Å². The number of hydrogen-bond donors (Lipinski definition) is 1. The van der Waals surface area contributed by atoms with E-state index in [9.17, 15) is 4.79 Å². The van der Waals surface area contributed by atoms with E-state index in [1.165, 1.54) is 27.1 Å². The largest absolute Gasteiger partial charge is 0.347 e. The maximum atomic E-state index is 12.9. The van der Waals surface area contributed by atoms with Gasteiger partial charge in [-0.15, -0.1) is 11.3 Å². The molecule has 5 rings (SSSR count). The topological polar surface area (TPSA) is 46.9 Å². The maximum Gasteiger partial charge on any atom is 0.261 e. The van der Waals surface area contributed by atoms with Crippen LogP contribution in [0.3, 0.4) is 0 Å². The van der Waals surface area contributed by atoms with Gasteiger partial charge in [-0.05, 0) is 46.7 Å². The van der Waals surface area contributed by atoms with E-state index < -0.39 is 0 Å². The molecule has 0 unspecified atom stereocenters. The molecule has 4 nitrogen and oxygen atoms in total. The molecule has 0 saturated carbocycles. The van der Waals surface area contributed by atoms with Crippen LogP contribution in [0.5, 0.6) is 0 Å². The number of imidazole rings is 1. The number of thiophene rings is 1. The molecule has 29 heavy (non-hydrogen) atoms. The summed E-state index contributed by atoms with van der Waals surface area (Å²) in [6.07, 6.45) is 7.58. The van der Waals surface area contributed by atoms with Crippen molar-refractivity contribution in [3.05, 3.63) is 100 Å². The molecular formula is C24H21N3OS. The average molecular weight is 400 g/mol. The predicted octanol–water partition coefficient (Wildman–Crippen LogP) is 4.69. The Morgan fingerprint density at radius 1 is 1.03 bits per heavy atom. The normalized spacial score (nSPS) is 12.3. The van der Waals surface area contributed by atoms with Crippen LogP contribution in [-0.2, 0) is 25.9 Å². The van der Waals surface area contributed by atoms with Gasteiger partial charge in [0.1, 0.15) is 0 Å². The number of carbonyl (C=O) groups excluding carboxylic acids is 1. The number of rotatable bonds is 5. The molecule has 2 aromatic heterocycles. The molecule has 2 heterocycles. The van der Waals surface area contributed by atoms with E-state index in [4.69, 9.17) is 0 Å². The van der Waals surface area contributed by atoms with E-state index in [0.717, 1.165) is 29.8 Å². The molecule has 0 fully saturated rings. The van der Waals surface area contributed by atoms with E-state index in [0.29, 0.717) is 6.54 Å². The minimum atomic E-state index is -0.000634. The third kappa shape index (κ3) is 3.61. The van der Waals surface area contributed by atoms with Gasteiger partial charge in [0.2, 0.25) is 0 Å². The van der Waals surface area contributed by atoms with Gasteiger partial charge in [-0.2, -0.15) is 0 Å². The van der Waals surface area contributed by atoms with E-state index in [-0.39, 0.29) is 5.91 Å². The molecule has 1 aliphatic rings. The highest BCUT2D eigenvalue weighted by atomic mass is 32.1. The second-order valence-electron chi connectivity index (χ2n) is 7.31. The molecule has 2 aromatic carbocycles. The number of hydrogen-bond acceptors (Lipinski definition) is 3. The summed E-state index contributed by atoms with van der Waals surface area (Å²) in [5, 5.41) is 3.11. The first-order valence-electron chi connectivity index (χ1n) is 9.79. The van der Waals surface area contributed by atoms with E-state index in [2.05, 4.69) is 52.8 Å². The van der Waals surface area contributed by atoms with E-state index in [1.54, 1.807) is 17.5 Å². The summed E-state index contributed by atoms with van der Waals surface area (Å²) in [6.45, 7) is 1.26. The van der Waals surface area contributed by atoms with Crippen LogP contribution in [0.15, 0.2) is 73.3 Å². The Kier molecular flexibility index (Phi) is 4.74. The summed E-state index contributed by atoms with van der Waals surface area (Å²) in [5.41, 5.74) is 6.26. The zero-order valence-electron chi connectivity index (χ0n) is 16.0. The summed E-state index contributed by atoms with van der Waals surface area (Å²) in [7, 11) is 0. The van der Waals surface area contributed by atoms with Crippen molar-refractivity contribution in [1.29, 1.82) is 0 Å². The highest BCUT2D eigenvalue weighted by Crippen LogP contribution is 2.39. The van der Waals surface area contributed by atoms with Gasteiger partial charge in [0.05, 0.1) is 11.2 Å². The van der Waals surface area contributed by atoms with Crippen molar-refractivity contribution in [2.45, 2.75) is 25.9 Å². The summed E-state index contributed by atoms with van der Waals surface area (Å²) < 4.78 is 2.03. The number of aromatic nitrogens is 2. The number of aryl methyl sites for hydroxylation is 2. The van der Waals surface area contributed by atoms with Crippen LogP contribution in [0, 0.1) is 0 Å². The van der Waals surface area contributed by atoms with Gasteiger partial charge >= 0.3 is 0 Å². The van der Waals surface area contributed by atoms with Crippen LogP contribution >= 0.6 is 11.3 Å². The number of amides is 1. The Labute approximate surface area is 173 Å². The van der Waals surface area contributed by atoms with Crippen LogP contribution < -0.4 is 5.32 Å². The zero-order valence-corrected chi connectivity index (χ0v) is 16.8. The van der Waals surface area contributed by atoms with Gasteiger partial charge in [-0.1, -0.05) is 48.5 Å². The van der Waals surface area contributed by atoms with Crippen molar-refractivity contribution in [3.8, 4) is 10.4 Å². The predicted molar refractivity (Wildman–Crippen MR) is 116 cm³/mol. The lowest BCUT2D eigenvalue weighted by Gasteiger charge is -2.15. The standard InChI is InChI=1S/C24H21N3OS/c28-24(22-13-18-10-9-17-5-3-4-8-21(17)23(18)29-22)26-14-19-6-1-2-7-20(19)15-27-12-11-25-16-27/h1-8,11-13,16H,9-10,14-15H2,(H,26,28). The number of benzene rings is 2. The van der Waals surface area contributed by atoms with Crippen molar-refractivity contribution in [2.75, 3.05) is 0 Å². The Hall–Kier alpha value is -3.18. The average Bonchev–Trinajstić information content (AvgIpc) is 3.43. The number of fused-ring (bicyclic) bond motifs is 3. The number of nitrogens with zero attached hydrogens (tertiary/aromatic N) is 2. The molecular weight excluding hydrogens is 378 g/mol. The fourth-order valence-electron chi connectivity index (χ4n) is 3.91. The summed E-state index contributed by atoms with van der Waals surface area (Å²) in [5.74, 6) is -0.000634. The molecule has 0 spiro atoms. The first-order valence-corrected chi connectivity index (χ1v) is 10.6. The van der Waals surface area contributed by atoms with Gasteiger partial charge in [-0.3, -0.25) is 4.79 Å². The summed E-state index contributed by atoms with van der Waals surface area (Å²) in [6, 6.07) is 18.8. The molecule has 0 aliphatic heterocycles. The zero-order chi connectivity index (χ0) is 19.6. The Bertz CT molecular complexity index is 1160. The summed E-state index contributed by atoms with van der Waals surface area (Å²) >= 11 is 1.60. The summed E-state index contributed by atoms with van der Waals surface area (Å²) in [4.78, 5) is 19.0. The molecule has 0 radical (unpaired) electrons. The second kappa shape index (κ2) is 7.68. The molecule has 0 saturated heterocycles. The first kappa shape index (κ1) is 17.9. The van der Waals surface area contributed by atoms with E-state index in [1.807, 2.05) is 29.2 Å². The molecule has 1 aliphatic carbocycles. The lowest BCUT2D eigenvalue weighted by atomic mass is 9.91. The first-order chi connectivity index (χ1) is 14.3. The Morgan fingerprint density at radius 2 is 1.83 bits per heavy atom. The molecule has 1 N–H and O–H groups in total. The van der Waals surface area contributed by atoms with Gasteiger partial charge in [-0.25, -0.2) is 4.98 Å². The van der Waals surface area contributed by atoms with Crippen molar-refractivity contribution < 1.29 is 4.79 Å².